The molecule has 0 aliphatic carbocycles. The second-order valence-corrected chi connectivity index (χ2v) is 4.87. The molecular weight excluding hydrogens is 260 g/mol. The lowest BCUT2D eigenvalue weighted by Gasteiger charge is -2.36. The van der Waals surface area contributed by atoms with Crippen LogP contribution in [0.15, 0.2) is 18.2 Å². The minimum absolute atomic E-state index is 0.0202. The number of hydrogen-bond acceptors (Lipinski definition) is 5. The SMILES string of the molecule is CCOc1cc(N2CCCCC2CO)ccc1[N+](=O)[O-]. The van der Waals surface area contributed by atoms with Crippen molar-refractivity contribution in [2.75, 3.05) is 24.7 Å². The zero-order chi connectivity index (χ0) is 14.5. The smallest absolute Gasteiger partial charge is 0.311 e. The fraction of sp³-hybridized carbons (Fsp3) is 0.571. The summed E-state index contributed by atoms with van der Waals surface area (Å²) < 4.78 is 5.37. The van der Waals surface area contributed by atoms with E-state index in [1.807, 2.05) is 0 Å². The molecule has 0 bridgehead atoms. The van der Waals surface area contributed by atoms with Crippen molar-refractivity contribution in [1.29, 1.82) is 0 Å². The van der Waals surface area contributed by atoms with Gasteiger partial charge >= 0.3 is 5.69 Å². The van der Waals surface area contributed by atoms with Gasteiger partial charge in [-0.2, -0.15) is 0 Å². The molecule has 2 rings (SSSR count). The average molecular weight is 280 g/mol. The number of nitro benzene ring substituents is 1. The maximum Gasteiger partial charge on any atom is 0.311 e. The maximum absolute atomic E-state index is 11.0. The van der Waals surface area contributed by atoms with E-state index in [1.165, 1.54) is 6.07 Å². The van der Waals surface area contributed by atoms with Gasteiger partial charge in [-0.3, -0.25) is 10.1 Å². The molecule has 6 heteroatoms. The van der Waals surface area contributed by atoms with Crippen LogP contribution in [-0.2, 0) is 0 Å². The minimum atomic E-state index is -0.436. The summed E-state index contributed by atoms with van der Waals surface area (Å²) in [6, 6.07) is 4.99. The Hall–Kier alpha value is -1.82. The number of ether oxygens (including phenoxy) is 1. The summed E-state index contributed by atoms with van der Waals surface area (Å²) in [6.07, 6.45) is 3.11. The van der Waals surface area contributed by atoms with Gasteiger partial charge in [0, 0.05) is 24.4 Å². The zero-order valence-corrected chi connectivity index (χ0v) is 11.6. The van der Waals surface area contributed by atoms with Crippen LogP contribution in [0.2, 0.25) is 0 Å². The van der Waals surface area contributed by atoms with Gasteiger partial charge in [-0.15, -0.1) is 0 Å². The number of nitrogens with zero attached hydrogens (tertiary/aromatic N) is 2. The largest absolute Gasteiger partial charge is 0.487 e. The Morgan fingerprint density at radius 3 is 2.95 bits per heavy atom. The molecule has 0 saturated carbocycles. The van der Waals surface area contributed by atoms with Crippen molar-refractivity contribution in [3.05, 3.63) is 28.3 Å². The van der Waals surface area contributed by atoms with E-state index in [9.17, 15) is 15.2 Å². The second kappa shape index (κ2) is 6.56. The van der Waals surface area contributed by atoms with Crippen LogP contribution in [-0.4, -0.2) is 35.8 Å². The molecule has 1 aliphatic rings. The molecule has 1 aliphatic heterocycles. The molecule has 20 heavy (non-hydrogen) atoms. The molecular formula is C14H20N2O4. The van der Waals surface area contributed by atoms with Crippen molar-refractivity contribution in [3.8, 4) is 5.75 Å². The first-order valence-corrected chi connectivity index (χ1v) is 6.96. The van der Waals surface area contributed by atoms with E-state index in [0.29, 0.717) is 6.61 Å². The highest BCUT2D eigenvalue weighted by Crippen LogP contribution is 2.34. The van der Waals surface area contributed by atoms with Gasteiger partial charge in [-0.25, -0.2) is 0 Å². The van der Waals surface area contributed by atoms with Crippen molar-refractivity contribution < 1.29 is 14.8 Å². The summed E-state index contributed by atoms with van der Waals surface area (Å²) in [5.74, 6) is 0.289. The van der Waals surface area contributed by atoms with Gasteiger partial charge in [0.1, 0.15) is 0 Å². The highest BCUT2D eigenvalue weighted by atomic mass is 16.6. The Labute approximate surface area is 118 Å². The Morgan fingerprint density at radius 1 is 1.50 bits per heavy atom. The molecule has 1 fully saturated rings. The summed E-state index contributed by atoms with van der Waals surface area (Å²) in [6.45, 7) is 3.14. The lowest BCUT2D eigenvalue weighted by atomic mass is 10.0. The molecule has 110 valence electrons. The predicted octanol–water partition coefficient (Wildman–Crippen LogP) is 2.34. The van der Waals surface area contributed by atoms with Crippen molar-refractivity contribution in [2.45, 2.75) is 32.2 Å². The van der Waals surface area contributed by atoms with Crippen LogP contribution < -0.4 is 9.64 Å². The summed E-state index contributed by atoms with van der Waals surface area (Å²) in [7, 11) is 0. The Morgan fingerprint density at radius 2 is 2.30 bits per heavy atom. The van der Waals surface area contributed by atoms with Crippen LogP contribution in [0, 0.1) is 10.1 Å². The van der Waals surface area contributed by atoms with E-state index in [2.05, 4.69) is 4.90 Å². The Balaban J connectivity index is 2.31. The molecule has 0 radical (unpaired) electrons. The first kappa shape index (κ1) is 14.6. The molecule has 1 unspecified atom stereocenters. The summed E-state index contributed by atoms with van der Waals surface area (Å²) in [4.78, 5) is 12.6. The van der Waals surface area contributed by atoms with Crippen molar-refractivity contribution in [3.63, 3.8) is 0 Å². The molecule has 1 atom stereocenters. The molecule has 0 aromatic heterocycles. The number of benzene rings is 1. The minimum Gasteiger partial charge on any atom is -0.487 e. The summed E-state index contributed by atoms with van der Waals surface area (Å²) in [5, 5.41) is 20.4. The summed E-state index contributed by atoms with van der Waals surface area (Å²) in [5.41, 5.74) is 0.853. The number of aliphatic hydroxyl groups is 1. The third-order valence-corrected chi connectivity index (χ3v) is 3.61. The number of rotatable bonds is 5. The average Bonchev–Trinajstić information content (AvgIpc) is 2.47. The van der Waals surface area contributed by atoms with Crippen molar-refractivity contribution >= 4 is 11.4 Å². The predicted molar refractivity (Wildman–Crippen MR) is 76.3 cm³/mol. The van der Waals surface area contributed by atoms with Gasteiger partial charge in [0.15, 0.2) is 5.75 Å². The Kier molecular flexibility index (Phi) is 4.79. The van der Waals surface area contributed by atoms with E-state index >= 15 is 0 Å². The van der Waals surface area contributed by atoms with Gasteiger partial charge in [-0.05, 0) is 32.3 Å². The number of piperidine rings is 1. The topological polar surface area (TPSA) is 75.8 Å². The van der Waals surface area contributed by atoms with Crippen LogP contribution in [0.4, 0.5) is 11.4 Å². The summed E-state index contributed by atoms with van der Waals surface area (Å²) >= 11 is 0. The lowest BCUT2D eigenvalue weighted by Crippen LogP contribution is -2.41. The highest BCUT2D eigenvalue weighted by Gasteiger charge is 2.24. The third kappa shape index (κ3) is 3.01. The highest BCUT2D eigenvalue weighted by molar-refractivity contribution is 5.60. The van der Waals surface area contributed by atoms with E-state index < -0.39 is 4.92 Å². The molecule has 6 nitrogen and oxygen atoms in total. The van der Waals surface area contributed by atoms with E-state index in [1.54, 1.807) is 19.1 Å². The van der Waals surface area contributed by atoms with Crippen LogP contribution in [0.5, 0.6) is 5.75 Å². The quantitative estimate of drug-likeness (QED) is 0.662. The second-order valence-electron chi connectivity index (χ2n) is 4.87. The van der Waals surface area contributed by atoms with Gasteiger partial charge in [0.25, 0.3) is 0 Å². The number of hydrogen-bond donors (Lipinski definition) is 1. The Bertz CT molecular complexity index is 478. The molecule has 1 aromatic rings. The van der Waals surface area contributed by atoms with Gasteiger partial charge in [0.2, 0.25) is 0 Å². The van der Waals surface area contributed by atoms with E-state index in [0.717, 1.165) is 31.5 Å². The first-order valence-electron chi connectivity index (χ1n) is 6.96. The molecule has 1 aromatic carbocycles. The van der Waals surface area contributed by atoms with Crippen LogP contribution in [0.1, 0.15) is 26.2 Å². The van der Waals surface area contributed by atoms with E-state index in [-0.39, 0.29) is 24.1 Å². The van der Waals surface area contributed by atoms with Gasteiger partial charge in [0.05, 0.1) is 24.2 Å². The normalized spacial score (nSPS) is 18.9. The molecule has 0 spiro atoms. The van der Waals surface area contributed by atoms with Crippen molar-refractivity contribution in [2.24, 2.45) is 0 Å². The monoisotopic (exact) mass is 280 g/mol. The number of anilines is 1. The van der Waals surface area contributed by atoms with Crippen LogP contribution in [0.3, 0.4) is 0 Å². The molecule has 1 heterocycles. The van der Waals surface area contributed by atoms with Crippen LogP contribution in [0.25, 0.3) is 0 Å². The number of nitro groups is 1. The van der Waals surface area contributed by atoms with Crippen LogP contribution >= 0.6 is 0 Å². The molecule has 1 N–H and O–H groups in total. The third-order valence-electron chi connectivity index (χ3n) is 3.61. The van der Waals surface area contributed by atoms with Gasteiger partial charge < -0.3 is 14.7 Å². The number of aliphatic hydroxyl groups excluding tert-OH is 1. The fourth-order valence-corrected chi connectivity index (χ4v) is 2.63. The first-order chi connectivity index (χ1) is 9.67. The van der Waals surface area contributed by atoms with Crippen molar-refractivity contribution in [1.82, 2.24) is 0 Å². The van der Waals surface area contributed by atoms with Gasteiger partial charge in [-0.1, -0.05) is 0 Å². The maximum atomic E-state index is 11.0. The lowest BCUT2D eigenvalue weighted by molar-refractivity contribution is -0.385. The standard InChI is InChI=1S/C14H20N2O4/c1-2-20-14-9-11(6-7-13(14)16(18)19)15-8-4-3-5-12(15)10-17/h6-7,9,12,17H,2-5,8,10H2,1H3. The zero-order valence-electron chi connectivity index (χ0n) is 11.6. The molecule has 1 saturated heterocycles. The van der Waals surface area contributed by atoms with E-state index in [4.69, 9.17) is 4.74 Å². The fourth-order valence-electron chi connectivity index (χ4n) is 2.63. The molecule has 0 amide bonds.